The number of nitrogens with one attached hydrogen (secondary N) is 2. The van der Waals surface area contributed by atoms with Crippen LogP contribution in [0.4, 0.5) is 0 Å². The fourth-order valence-corrected chi connectivity index (χ4v) is 3.18. The molecule has 4 aromatic rings. The maximum atomic E-state index is 12.6. The topological polar surface area (TPSA) is 57.8 Å². The van der Waals surface area contributed by atoms with E-state index in [1.165, 1.54) is 5.39 Å². The van der Waals surface area contributed by atoms with Crippen LogP contribution in [0.25, 0.3) is 22.0 Å². The molecule has 0 spiro atoms. The summed E-state index contributed by atoms with van der Waals surface area (Å²) in [7, 11) is 0. The van der Waals surface area contributed by atoms with E-state index in [2.05, 4.69) is 39.8 Å². The largest absolute Gasteiger partial charge is 0.344 e. The molecular formula is C22H19N3O. The molecule has 4 nitrogen and oxygen atoms in total. The third kappa shape index (κ3) is 3.09. The third-order valence-electron chi connectivity index (χ3n) is 4.53. The summed E-state index contributed by atoms with van der Waals surface area (Å²) in [6.07, 6.45) is 0. The zero-order valence-corrected chi connectivity index (χ0v) is 14.4. The second-order valence-corrected chi connectivity index (χ2v) is 6.30. The molecule has 4 heteroatoms. The van der Waals surface area contributed by atoms with Crippen LogP contribution in [0, 0.1) is 0 Å². The summed E-state index contributed by atoms with van der Waals surface area (Å²) in [5.41, 5.74) is 3.29. The lowest BCUT2D eigenvalue weighted by atomic mass is 9.99. The molecule has 4 rings (SSSR count). The molecule has 26 heavy (non-hydrogen) atoms. The lowest BCUT2D eigenvalue weighted by Gasteiger charge is -2.16. The van der Waals surface area contributed by atoms with Crippen molar-refractivity contribution in [1.82, 2.24) is 15.5 Å². The van der Waals surface area contributed by atoms with Crippen LogP contribution in [-0.4, -0.2) is 16.1 Å². The molecule has 0 fully saturated rings. The first-order valence-corrected chi connectivity index (χ1v) is 8.62. The minimum absolute atomic E-state index is 0.114. The number of carbonyl (C=O) groups excluding carboxylic acids is 1. The van der Waals surface area contributed by atoms with Crippen molar-refractivity contribution in [3.8, 4) is 11.3 Å². The first-order valence-electron chi connectivity index (χ1n) is 8.62. The molecule has 1 heterocycles. The fraction of sp³-hybridized carbons (Fsp3) is 0.0909. The van der Waals surface area contributed by atoms with Crippen molar-refractivity contribution in [2.75, 3.05) is 0 Å². The second-order valence-electron chi connectivity index (χ2n) is 6.30. The van der Waals surface area contributed by atoms with Gasteiger partial charge in [-0.25, -0.2) is 0 Å². The summed E-state index contributed by atoms with van der Waals surface area (Å²) in [6, 6.07) is 25.8. The number of amides is 1. The molecule has 1 atom stereocenters. The Labute approximate surface area is 151 Å². The monoisotopic (exact) mass is 341 g/mol. The first-order chi connectivity index (χ1) is 12.7. The Kier molecular flexibility index (Phi) is 4.23. The standard InChI is InChI=1S/C22H19N3O/c1-15(18-13-7-11-16-8-5-6-12-19(16)18)23-22(26)21-14-20(24-25-21)17-9-3-2-4-10-17/h2-15H,1H3,(H,23,26)(H,24,25)/t15-/m0/s1. The van der Waals surface area contributed by atoms with Gasteiger partial charge in [-0.1, -0.05) is 72.8 Å². The number of carbonyl (C=O) groups is 1. The zero-order valence-electron chi connectivity index (χ0n) is 14.4. The molecule has 0 aliphatic carbocycles. The number of fused-ring (bicyclic) bond motifs is 1. The van der Waals surface area contributed by atoms with E-state index in [1.54, 1.807) is 6.07 Å². The van der Waals surface area contributed by atoms with Gasteiger partial charge in [0.05, 0.1) is 11.7 Å². The average Bonchev–Trinajstić information content (AvgIpc) is 3.18. The maximum absolute atomic E-state index is 12.6. The Hall–Kier alpha value is -3.40. The van der Waals surface area contributed by atoms with E-state index < -0.39 is 0 Å². The number of aromatic nitrogens is 2. The summed E-state index contributed by atoms with van der Waals surface area (Å²) >= 11 is 0. The van der Waals surface area contributed by atoms with Crippen molar-refractivity contribution in [2.24, 2.45) is 0 Å². The number of aromatic amines is 1. The van der Waals surface area contributed by atoms with Gasteiger partial charge in [0.15, 0.2) is 0 Å². The molecule has 3 aromatic carbocycles. The molecule has 0 unspecified atom stereocenters. The Bertz CT molecular complexity index is 1050. The Morgan fingerprint density at radius 2 is 1.69 bits per heavy atom. The summed E-state index contributed by atoms with van der Waals surface area (Å²) < 4.78 is 0. The molecule has 0 radical (unpaired) electrons. The average molecular weight is 341 g/mol. The van der Waals surface area contributed by atoms with Crippen molar-refractivity contribution in [3.05, 3.63) is 90.1 Å². The minimum Gasteiger partial charge on any atom is -0.344 e. The molecule has 1 amide bonds. The first kappa shape index (κ1) is 16.1. The van der Waals surface area contributed by atoms with Gasteiger partial charge >= 0.3 is 0 Å². The molecule has 0 aliphatic rings. The lowest BCUT2D eigenvalue weighted by Crippen LogP contribution is -2.27. The molecule has 0 bridgehead atoms. The molecule has 0 saturated heterocycles. The second kappa shape index (κ2) is 6.84. The maximum Gasteiger partial charge on any atom is 0.269 e. The summed E-state index contributed by atoms with van der Waals surface area (Å²) in [5, 5.41) is 12.5. The number of hydrogen-bond acceptors (Lipinski definition) is 2. The predicted molar refractivity (Wildman–Crippen MR) is 104 cm³/mol. The lowest BCUT2D eigenvalue weighted by molar-refractivity contribution is 0.0935. The SMILES string of the molecule is C[C@H](NC(=O)c1cc(-c2ccccc2)n[nH]1)c1cccc2ccccc12. The number of hydrogen-bond donors (Lipinski definition) is 2. The molecule has 1 aromatic heterocycles. The van der Waals surface area contributed by atoms with Gasteiger partial charge in [-0.2, -0.15) is 5.10 Å². The molecule has 0 aliphatic heterocycles. The highest BCUT2D eigenvalue weighted by atomic mass is 16.2. The van der Waals surface area contributed by atoms with E-state index >= 15 is 0 Å². The van der Waals surface area contributed by atoms with Gasteiger partial charge in [0, 0.05) is 5.56 Å². The van der Waals surface area contributed by atoms with Crippen molar-refractivity contribution in [2.45, 2.75) is 13.0 Å². The number of benzene rings is 3. The Morgan fingerprint density at radius 1 is 0.962 bits per heavy atom. The van der Waals surface area contributed by atoms with Crippen LogP contribution in [-0.2, 0) is 0 Å². The minimum atomic E-state index is -0.167. The van der Waals surface area contributed by atoms with Gasteiger partial charge in [0.25, 0.3) is 5.91 Å². The van der Waals surface area contributed by atoms with E-state index in [0.29, 0.717) is 5.69 Å². The van der Waals surface area contributed by atoms with Crippen LogP contribution in [0.1, 0.15) is 29.0 Å². The van der Waals surface area contributed by atoms with Crippen LogP contribution in [0.15, 0.2) is 78.9 Å². The third-order valence-corrected chi connectivity index (χ3v) is 4.53. The smallest absolute Gasteiger partial charge is 0.269 e. The van der Waals surface area contributed by atoms with Gasteiger partial charge in [-0.3, -0.25) is 9.89 Å². The molecule has 0 saturated carbocycles. The van der Waals surface area contributed by atoms with Gasteiger partial charge in [0.1, 0.15) is 5.69 Å². The van der Waals surface area contributed by atoms with Crippen LogP contribution < -0.4 is 5.32 Å². The summed E-state index contributed by atoms with van der Waals surface area (Å²) in [5.74, 6) is -0.167. The number of nitrogens with zero attached hydrogens (tertiary/aromatic N) is 1. The Balaban J connectivity index is 1.55. The quantitative estimate of drug-likeness (QED) is 0.564. The van der Waals surface area contributed by atoms with Gasteiger partial charge in [-0.15, -0.1) is 0 Å². The van der Waals surface area contributed by atoms with Crippen molar-refractivity contribution in [1.29, 1.82) is 0 Å². The van der Waals surface area contributed by atoms with Crippen molar-refractivity contribution < 1.29 is 4.79 Å². The van der Waals surface area contributed by atoms with Crippen LogP contribution in [0.3, 0.4) is 0 Å². The van der Waals surface area contributed by atoms with Gasteiger partial charge in [0.2, 0.25) is 0 Å². The summed E-state index contributed by atoms with van der Waals surface area (Å²) in [4.78, 5) is 12.6. The zero-order chi connectivity index (χ0) is 17.9. The van der Waals surface area contributed by atoms with Crippen LogP contribution in [0.2, 0.25) is 0 Å². The molecule has 128 valence electrons. The fourth-order valence-electron chi connectivity index (χ4n) is 3.18. The van der Waals surface area contributed by atoms with Gasteiger partial charge in [-0.05, 0) is 29.3 Å². The number of H-pyrrole nitrogens is 1. The van der Waals surface area contributed by atoms with Crippen LogP contribution in [0.5, 0.6) is 0 Å². The van der Waals surface area contributed by atoms with E-state index in [1.807, 2.05) is 55.5 Å². The van der Waals surface area contributed by atoms with E-state index in [-0.39, 0.29) is 11.9 Å². The molecular weight excluding hydrogens is 322 g/mol. The van der Waals surface area contributed by atoms with Gasteiger partial charge < -0.3 is 5.32 Å². The highest BCUT2D eigenvalue weighted by Crippen LogP contribution is 2.24. The predicted octanol–water partition coefficient (Wildman–Crippen LogP) is 4.72. The number of rotatable bonds is 4. The van der Waals surface area contributed by atoms with Crippen molar-refractivity contribution >= 4 is 16.7 Å². The van der Waals surface area contributed by atoms with Crippen molar-refractivity contribution in [3.63, 3.8) is 0 Å². The van der Waals surface area contributed by atoms with Crippen LogP contribution >= 0.6 is 0 Å². The highest BCUT2D eigenvalue weighted by Gasteiger charge is 2.16. The van der Waals surface area contributed by atoms with E-state index in [4.69, 9.17) is 0 Å². The Morgan fingerprint density at radius 3 is 2.54 bits per heavy atom. The van der Waals surface area contributed by atoms with E-state index in [9.17, 15) is 4.79 Å². The van der Waals surface area contributed by atoms with E-state index in [0.717, 1.165) is 22.2 Å². The normalized spacial score (nSPS) is 12.0. The highest BCUT2D eigenvalue weighted by molar-refractivity contribution is 5.94. The molecule has 2 N–H and O–H groups in total. The summed E-state index contributed by atoms with van der Waals surface area (Å²) in [6.45, 7) is 1.99.